The van der Waals surface area contributed by atoms with Crippen molar-refractivity contribution < 1.29 is 4.79 Å². The van der Waals surface area contributed by atoms with Crippen molar-refractivity contribution in [2.75, 3.05) is 5.32 Å². The lowest BCUT2D eigenvalue weighted by atomic mass is 10.1. The van der Waals surface area contributed by atoms with Gasteiger partial charge in [0.15, 0.2) is 0 Å². The average Bonchev–Trinajstić information content (AvgIpc) is 3.38. The highest BCUT2D eigenvalue weighted by molar-refractivity contribution is 6.18. The van der Waals surface area contributed by atoms with Crippen LogP contribution in [-0.4, -0.2) is 25.1 Å². The van der Waals surface area contributed by atoms with Gasteiger partial charge in [0, 0.05) is 28.1 Å². The van der Waals surface area contributed by atoms with Gasteiger partial charge in [0.2, 0.25) is 5.91 Å². The fourth-order valence-electron chi connectivity index (χ4n) is 5.25. The molecule has 188 valence electrons. The Morgan fingerprint density at radius 3 is 2.39 bits per heavy atom. The number of nitrogens with zero attached hydrogens (tertiary/aromatic N) is 4. The van der Waals surface area contributed by atoms with Crippen LogP contribution < -0.4 is 5.32 Å². The van der Waals surface area contributed by atoms with Crippen LogP contribution in [-0.2, 0) is 11.3 Å². The Hall–Kier alpha value is -4.71. The number of para-hydroxylation sites is 2. The standard InChI is InChI=1S/C32H29N5O/c1-20-13-15-24(16-14-20)19-36-22(3)25(21(2)35-36)17-18-30(38)34-31-27-10-6-8-12-29(27)37-23(4)33-28-11-7-5-9-26(28)32(31)37/h5-18H,19H2,1-4H3,(H,34,38). The number of amides is 1. The van der Waals surface area contributed by atoms with Crippen molar-refractivity contribution in [2.24, 2.45) is 0 Å². The van der Waals surface area contributed by atoms with E-state index in [1.165, 1.54) is 11.1 Å². The van der Waals surface area contributed by atoms with E-state index in [0.717, 1.165) is 55.8 Å². The molecule has 3 heterocycles. The minimum absolute atomic E-state index is 0.188. The summed E-state index contributed by atoms with van der Waals surface area (Å²) < 4.78 is 4.12. The number of aromatic nitrogens is 4. The number of hydrogen-bond donors (Lipinski definition) is 1. The first-order chi connectivity index (χ1) is 18.4. The number of nitrogens with one attached hydrogen (secondary N) is 1. The van der Waals surface area contributed by atoms with Gasteiger partial charge in [-0.25, -0.2) is 4.98 Å². The van der Waals surface area contributed by atoms with E-state index in [-0.39, 0.29) is 5.91 Å². The molecule has 6 aromatic rings. The summed E-state index contributed by atoms with van der Waals surface area (Å²) >= 11 is 0. The van der Waals surface area contributed by atoms with Crippen LogP contribution in [0.4, 0.5) is 5.69 Å². The van der Waals surface area contributed by atoms with Crippen LogP contribution in [0, 0.1) is 27.7 Å². The third-order valence-electron chi connectivity index (χ3n) is 7.18. The van der Waals surface area contributed by atoms with Gasteiger partial charge in [0.1, 0.15) is 5.82 Å². The molecule has 6 heteroatoms. The zero-order valence-electron chi connectivity index (χ0n) is 22.0. The van der Waals surface area contributed by atoms with E-state index in [9.17, 15) is 4.79 Å². The molecule has 0 bridgehead atoms. The molecule has 0 radical (unpaired) electrons. The molecule has 6 rings (SSSR count). The van der Waals surface area contributed by atoms with Gasteiger partial charge in [-0.05, 0) is 51.5 Å². The molecule has 0 unspecified atom stereocenters. The maximum absolute atomic E-state index is 13.3. The largest absolute Gasteiger partial charge is 0.320 e. The van der Waals surface area contributed by atoms with Gasteiger partial charge in [-0.3, -0.25) is 13.9 Å². The molecule has 0 saturated heterocycles. The maximum atomic E-state index is 13.3. The number of carbonyl (C=O) groups excluding carboxylic acids is 1. The molecular weight excluding hydrogens is 470 g/mol. The summed E-state index contributed by atoms with van der Waals surface area (Å²) in [4.78, 5) is 18.1. The van der Waals surface area contributed by atoms with Crippen LogP contribution in [0.1, 0.15) is 33.9 Å². The van der Waals surface area contributed by atoms with Gasteiger partial charge in [-0.2, -0.15) is 5.10 Å². The molecule has 0 atom stereocenters. The Labute approximate surface area is 221 Å². The van der Waals surface area contributed by atoms with Gasteiger partial charge in [-0.1, -0.05) is 66.2 Å². The van der Waals surface area contributed by atoms with E-state index in [1.807, 2.05) is 67.9 Å². The van der Waals surface area contributed by atoms with Crippen molar-refractivity contribution in [1.82, 2.24) is 19.2 Å². The van der Waals surface area contributed by atoms with Crippen molar-refractivity contribution >= 4 is 45.0 Å². The monoisotopic (exact) mass is 499 g/mol. The highest BCUT2D eigenvalue weighted by atomic mass is 16.1. The van der Waals surface area contributed by atoms with Crippen molar-refractivity contribution in [1.29, 1.82) is 0 Å². The molecule has 1 amide bonds. The minimum Gasteiger partial charge on any atom is -0.320 e. The summed E-state index contributed by atoms with van der Waals surface area (Å²) in [7, 11) is 0. The third kappa shape index (κ3) is 4.04. The van der Waals surface area contributed by atoms with Gasteiger partial charge >= 0.3 is 0 Å². The summed E-state index contributed by atoms with van der Waals surface area (Å²) in [5.74, 6) is 0.685. The first kappa shape index (κ1) is 23.7. The second kappa shape index (κ2) is 9.30. The molecule has 3 aromatic carbocycles. The molecule has 38 heavy (non-hydrogen) atoms. The fourth-order valence-corrected chi connectivity index (χ4v) is 5.25. The van der Waals surface area contributed by atoms with Gasteiger partial charge in [-0.15, -0.1) is 0 Å². The number of anilines is 1. The third-order valence-corrected chi connectivity index (χ3v) is 7.18. The molecule has 6 nitrogen and oxygen atoms in total. The lowest BCUT2D eigenvalue weighted by Gasteiger charge is -2.08. The topological polar surface area (TPSA) is 64.2 Å². The summed E-state index contributed by atoms with van der Waals surface area (Å²) in [6.45, 7) is 8.80. The highest BCUT2D eigenvalue weighted by Gasteiger charge is 2.18. The van der Waals surface area contributed by atoms with E-state index in [2.05, 4.69) is 53.0 Å². The normalized spacial score (nSPS) is 11.8. The van der Waals surface area contributed by atoms with Crippen LogP contribution >= 0.6 is 0 Å². The van der Waals surface area contributed by atoms with Crippen molar-refractivity contribution in [3.8, 4) is 0 Å². The van der Waals surface area contributed by atoms with Crippen LogP contribution in [0.2, 0.25) is 0 Å². The molecule has 0 aliphatic rings. The Balaban J connectivity index is 1.35. The first-order valence-electron chi connectivity index (χ1n) is 12.8. The zero-order chi connectivity index (χ0) is 26.4. The van der Waals surface area contributed by atoms with Crippen molar-refractivity contribution in [2.45, 2.75) is 34.2 Å². The molecular formula is C32H29N5O. The zero-order valence-corrected chi connectivity index (χ0v) is 22.0. The lowest BCUT2D eigenvalue weighted by Crippen LogP contribution is -2.08. The predicted octanol–water partition coefficient (Wildman–Crippen LogP) is 6.77. The Bertz CT molecular complexity index is 1870. The molecule has 0 aliphatic carbocycles. The lowest BCUT2D eigenvalue weighted by molar-refractivity contribution is -0.111. The predicted molar refractivity (Wildman–Crippen MR) is 155 cm³/mol. The highest BCUT2D eigenvalue weighted by Crippen LogP contribution is 2.36. The Kier molecular flexibility index (Phi) is 5.80. The quantitative estimate of drug-likeness (QED) is 0.266. The fraction of sp³-hybridized carbons (Fsp3) is 0.156. The van der Waals surface area contributed by atoms with E-state index < -0.39 is 0 Å². The van der Waals surface area contributed by atoms with Crippen LogP contribution in [0.3, 0.4) is 0 Å². The van der Waals surface area contributed by atoms with Crippen LogP contribution in [0.15, 0.2) is 78.9 Å². The number of aryl methyl sites for hydroxylation is 3. The first-order valence-corrected chi connectivity index (χ1v) is 12.8. The minimum atomic E-state index is -0.188. The number of rotatable bonds is 5. The van der Waals surface area contributed by atoms with Gasteiger partial charge in [0.25, 0.3) is 0 Å². The number of hydrogen-bond acceptors (Lipinski definition) is 3. The number of carbonyl (C=O) groups is 1. The summed E-state index contributed by atoms with van der Waals surface area (Å²) in [5.41, 5.74) is 8.98. The summed E-state index contributed by atoms with van der Waals surface area (Å²) in [5, 5.41) is 9.90. The molecule has 0 spiro atoms. The Morgan fingerprint density at radius 2 is 1.61 bits per heavy atom. The molecule has 0 fully saturated rings. The molecule has 0 saturated carbocycles. The van der Waals surface area contributed by atoms with Crippen LogP contribution in [0.5, 0.6) is 0 Å². The summed E-state index contributed by atoms with van der Waals surface area (Å²) in [6.07, 6.45) is 3.46. The number of fused-ring (bicyclic) bond motifs is 5. The second-order valence-corrected chi connectivity index (χ2v) is 9.80. The molecule has 3 aromatic heterocycles. The van der Waals surface area contributed by atoms with Crippen LogP contribution in [0.25, 0.3) is 33.4 Å². The Morgan fingerprint density at radius 1 is 0.895 bits per heavy atom. The second-order valence-electron chi connectivity index (χ2n) is 9.80. The molecule has 0 aliphatic heterocycles. The van der Waals surface area contributed by atoms with Gasteiger partial charge in [0.05, 0.1) is 34.5 Å². The SMILES string of the molecule is Cc1ccc(Cn2nc(C)c(C=CC(=O)Nc3c4ccccc4n4c(C)nc5ccccc5c34)c2C)cc1. The van der Waals surface area contributed by atoms with Crippen molar-refractivity contribution in [3.63, 3.8) is 0 Å². The molecule has 1 N–H and O–H groups in total. The van der Waals surface area contributed by atoms with E-state index in [0.29, 0.717) is 6.54 Å². The van der Waals surface area contributed by atoms with Crippen molar-refractivity contribution in [3.05, 3.63) is 113 Å². The van der Waals surface area contributed by atoms with E-state index >= 15 is 0 Å². The smallest absolute Gasteiger partial charge is 0.248 e. The van der Waals surface area contributed by atoms with E-state index in [4.69, 9.17) is 10.1 Å². The van der Waals surface area contributed by atoms with Gasteiger partial charge < -0.3 is 5.32 Å². The van der Waals surface area contributed by atoms with E-state index in [1.54, 1.807) is 6.08 Å². The number of benzene rings is 3. The summed E-state index contributed by atoms with van der Waals surface area (Å²) in [6, 6.07) is 24.6. The maximum Gasteiger partial charge on any atom is 0.248 e. The average molecular weight is 500 g/mol.